The van der Waals surface area contributed by atoms with Crippen LogP contribution < -0.4 is 15.5 Å². The molecule has 1 saturated carbocycles. The number of rotatable bonds is 8. The van der Waals surface area contributed by atoms with Crippen LogP contribution in [0.1, 0.15) is 66.9 Å². The van der Waals surface area contributed by atoms with Gasteiger partial charge in [0.2, 0.25) is 5.95 Å². The summed E-state index contributed by atoms with van der Waals surface area (Å²) in [4.78, 5) is 23.7. The number of nitrogens with one attached hydrogen (secondary N) is 2. The van der Waals surface area contributed by atoms with Crippen molar-refractivity contribution >= 4 is 17.7 Å². The number of anilines is 2. The van der Waals surface area contributed by atoms with E-state index in [0.717, 1.165) is 49.0 Å². The minimum absolute atomic E-state index is 0.0333. The summed E-state index contributed by atoms with van der Waals surface area (Å²) in [6.07, 6.45) is 9.24. The number of carbonyl (C=O) groups is 1. The zero-order valence-electron chi connectivity index (χ0n) is 18.7. The molecule has 1 fully saturated rings. The Hall–Kier alpha value is -2.63. The van der Waals surface area contributed by atoms with Crippen molar-refractivity contribution in [2.45, 2.75) is 70.9 Å². The second-order valence-electron chi connectivity index (χ2n) is 8.56. The molecule has 1 aliphatic rings. The molecule has 1 aliphatic carbocycles. The average molecular weight is 410 g/mol. The van der Waals surface area contributed by atoms with Crippen LogP contribution in [0.5, 0.6) is 0 Å². The first-order valence-corrected chi connectivity index (χ1v) is 11.1. The quantitative estimate of drug-likeness (QED) is 0.678. The van der Waals surface area contributed by atoms with Gasteiger partial charge in [0.05, 0.1) is 0 Å². The minimum Gasteiger partial charge on any atom is -0.362 e. The molecular formula is C24H35N5O. The van der Waals surface area contributed by atoms with E-state index in [1.54, 1.807) is 0 Å². The van der Waals surface area contributed by atoms with Gasteiger partial charge in [-0.1, -0.05) is 25.5 Å². The van der Waals surface area contributed by atoms with Gasteiger partial charge >= 0.3 is 0 Å². The van der Waals surface area contributed by atoms with Crippen LogP contribution in [0.15, 0.2) is 30.5 Å². The monoisotopic (exact) mass is 409 g/mol. The number of aryl methyl sites for hydroxylation is 2. The van der Waals surface area contributed by atoms with Gasteiger partial charge in [-0.2, -0.15) is 4.98 Å². The van der Waals surface area contributed by atoms with Crippen LogP contribution in [-0.4, -0.2) is 42.1 Å². The van der Waals surface area contributed by atoms with Crippen LogP contribution >= 0.6 is 0 Å². The molecule has 1 aromatic carbocycles. The fraction of sp³-hybridized carbons (Fsp3) is 0.542. The lowest BCUT2D eigenvalue weighted by molar-refractivity contribution is 0.0926. The highest BCUT2D eigenvalue weighted by molar-refractivity contribution is 5.94. The topological polar surface area (TPSA) is 70.2 Å². The summed E-state index contributed by atoms with van der Waals surface area (Å²) in [6.45, 7) is 4.21. The van der Waals surface area contributed by atoms with Crippen LogP contribution in [0.25, 0.3) is 0 Å². The van der Waals surface area contributed by atoms with Gasteiger partial charge in [-0.3, -0.25) is 4.79 Å². The smallest absolute Gasteiger partial charge is 0.251 e. The highest BCUT2D eigenvalue weighted by Gasteiger charge is 2.23. The average Bonchev–Trinajstić information content (AvgIpc) is 2.75. The molecule has 30 heavy (non-hydrogen) atoms. The summed E-state index contributed by atoms with van der Waals surface area (Å²) in [7, 11) is 3.98. The predicted molar refractivity (Wildman–Crippen MR) is 123 cm³/mol. The van der Waals surface area contributed by atoms with Crippen LogP contribution in [0.2, 0.25) is 0 Å². The van der Waals surface area contributed by atoms with Crippen molar-refractivity contribution < 1.29 is 4.79 Å². The summed E-state index contributed by atoms with van der Waals surface area (Å²) in [6, 6.07) is 8.62. The van der Waals surface area contributed by atoms with E-state index in [4.69, 9.17) is 0 Å². The van der Waals surface area contributed by atoms with E-state index in [0.29, 0.717) is 12.0 Å². The van der Waals surface area contributed by atoms with Gasteiger partial charge in [0.1, 0.15) is 5.82 Å². The van der Waals surface area contributed by atoms with E-state index >= 15 is 0 Å². The first-order chi connectivity index (χ1) is 14.5. The summed E-state index contributed by atoms with van der Waals surface area (Å²) in [5, 5.41) is 6.68. The van der Waals surface area contributed by atoms with Gasteiger partial charge in [0.15, 0.2) is 0 Å². The van der Waals surface area contributed by atoms with Gasteiger partial charge in [-0.25, -0.2) is 4.98 Å². The maximum Gasteiger partial charge on any atom is 0.251 e. The molecule has 2 N–H and O–H groups in total. The van der Waals surface area contributed by atoms with Crippen LogP contribution in [0.3, 0.4) is 0 Å². The van der Waals surface area contributed by atoms with Crippen molar-refractivity contribution in [1.82, 2.24) is 15.3 Å². The normalized spacial score (nSPS) is 18.7. The maximum atomic E-state index is 12.6. The fourth-order valence-corrected chi connectivity index (χ4v) is 3.99. The SMILES string of the molecule is CCCCc1ccc(C(=O)NC2CCC(Nc3ncc(C)c(N(C)C)n3)CC2)cc1. The molecule has 3 rings (SSSR count). The Morgan fingerprint density at radius 2 is 1.77 bits per heavy atom. The van der Waals surface area contributed by atoms with E-state index in [9.17, 15) is 4.79 Å². The lowest BCUT2D eigenvalue weighted by Crippen LogP contribution is -2.40. The Morgan fingerprint density at radius 1 is 1.10 bits per heavy atom. The van der Waals surface area contributed by atoms with Gasteiger partial charge < -0.3 is 15.5 Å². The molecule has 6 heteroatoms. The maximum absolute atomic E-state index is 12.6. The molecule has 0 bridgehead atoms. The van der Waals surface area contributed by atoms with Crippen molar-refractivity contribution in [1.29, 1.82) is 0 Å². The standard InChI is InChI=1S/C24H35N5O/c1-5-6-7-18-8-10-19(11-9-18)23(30)26-20-12-14-21(15-13-20)27-24-25-16-17(2)22(28-24)29(3)4/h8-11,16,20-21H,5-7,12-15H2,1-4H3,(H,26,30)(H,25,27,28). The molecule has 1 amide bonds. The third kappa shape index (κ3) is 5.94. The number of carbonyl (C=O) groups excluding carboxylic acids is 1. The van der Waals surface area contributed by atoms with E-state index in [1.807, 2.05) is 44.2 Å². The second-order valence-corrected chi connectivity index (χ2v) is 8.56. The Morgan fingerprint density at radius 3 is 2.40 bits per heavy atom. The number of hydrogen-bond donors (Lipinski definition) is 2. The molecule has 0 aliphatic heterocycles. The van der Waals surface area contributed by atoms with Gasteiger partial charge in [0.25, 0.3) is 5.91 Å². The summed E-state index contributed by atoms with van der Waals surface area (Å²) >= 11 is 0. The molecule has 0 unspecified atom stereocenters. The van der Waals surface area contributed by atoms with Crippen LogP contribution in [0.4, 0.5) is 11.8 Å². The minimum atomic E-state index is 0.0333. The van der Waals surface area contributed by atoms with Gasteiger partial charge in [-0.05, 0) is 63.1 Å². The van der Waals surface area contributed by atoms with Gasteiger partial charge in [0, 0.05) is 43.5 Å². The zero-order chi connectivity index (χ0) is 21.5. The van der Waals surface area contributed by atoms with E-state index in [1.165, 1.54) is 18.4 Å². The van der Waals surface area contributed by atoms with Crippen molar-refractivity contribution in [2.24, 2.45) is 0 Å². The second kappa shape index (κ2) is 10.4. The third-order valence-electron chi connectivity index (χ3n) is 5.80. The molecule has 2 aromatic rings. The number of benzene rings is 1. The number of hydrogen-bond acceptors (Lipinski definition) is 5. The summed E-state index contributed by atoms with van der Waals surface area (Å²) in [5.41, 5.74) is 3.12. The Balaban J connectivity index is 1.47. The molecule has 1 heterocycles. The highest BCUT2D eigenvalue weighted by atomic mass is 16.1. The van der Waals surface area contributed by atoms with Gasteiger partial charge in [-0.15, -0.1) is 0 Å². The zero-order valence-corrected chi connectivity index (χ0v) is 18.7. The van der Waals surface area contributed by atoms with Crippen LogP contribution in [-0.2, 0) is 6.42 Å². The number of aromatic nitrogens is 2. The Bertz CT molecular complexity index is 826. The highest BCUT2D eigenvalue weighted by Crippen LogP contribution is 2.23. The molecule has 162 valence electrons. The first-order valence-electron chi connectivity index (χ1n) is 11.1. The Labute approximate surface area is 180 Å². The Kier molecular flexibility index (Phi) is 7.66. The largest absolute Gasteiger partial charge is 0.362 e. The molecule has 6 nitrogen and oxygen atoms in total. The summed E-state index contributed by atoms with van der Waals surface area (Å²) < 4.78 is 0. The fourth-order valence-electron chi connectivity index (χ4n) is 3.99. The molecule has 0 radical (unpaired) electrons. The van der Waals surface area contributed by atoms with E-state index < -0.39 is 0 Å². The molecule has 1 aromatic heterocycles. The molecular weight excluding hydrogens is 374 g/mol. The number of nitrogens with zero attached hydrogens (tertiary/aromatic N) is 3. The summed E-state index contributed by atoms with van der Waals surface area (Å²) in [5.74, 6) is 1.65. The van der Waals surface area contributed by atoms with Crippen molar-refractivity contribution in [2.75, 3.05) is 24.3 Å². The number of amides is 1. The lowest BCUT2D eigenvalue weighted by atomic mass is 9.91. The third-order valence-corrected chi connectivity index (χ3v) is 5.80. The van der Waals surface area contributed by atoms with E-state index in [-0.39, 0.29) is 11.9 Å². The lowest BCUT2D eigenvalue weighted by Gasteiger charge is -2.30. The molecule has 0 saturated heterocycles. The van der Waals surface area contributed by atoms with Crippen molar-refractivity contribution in [3.63, 3.8) is 0 Å². The van der Waals surface area contributed by atoms with Crippen molar-refractivity contribution in [3.05, 3.63) is 47.2 Å². The van der Waals surface area contributed by atoms with Crippen LogP contribution in [0, 0.1) is 6.92 Å². The van der Waals surface area contributed by atoms with Crippen molar-refractivity contribution in [3.8, 4) is 0 Å². The first kappa shape index (κ1) is 22.1. The molecule has 0 spiro atoms. The molecule has 0 atom stereocenters. The predicted octanol–water partition coefficient (Wildman–Crippen LogP) is 4.35. The van der Waals surface area contributed by atoms with E-state index in [2.05, 4.69) is 39.7 Å². The number of unbranched alkanes of at least 4 members (excludes halogenated alkanes) is 1.